The van der Waals surface area contributed by atoms with Gasteiger partial charge in [0.1, 0.15) is 11.6 Å². The minimum absolute atomic E-state index is 0.00996. The van der Waals surface area contributed by atoms with Crippen molar-refractivity contribution in [1.29, 1.82) is 0 Å². The largest absolute Gasteiger partial charge is 0.459 e. The van der Waals surface area contributed by atoms with E-state index in [1.165, 1.54) is 0 Å². The SMILES string of the molecule is CN(C)C(=O)C1CNCCN1CC(=O)OC(C)(C)C. The van der Waals surface area contributed by atoms with Gasteiger partial charge in [-0.2, -0.15) is 0 Å². The average Bonchev–Trinajstić information content (AvgIpc) is 2.26. The lowest BCUT2D eigenvalue weighted by Gasteiger charge is -2.36. The van der Waals surface area contributed by atoms with Gasteiger partial charge in [0.15, 0.2) is 0 Å². The second kappa shape index (κ2) is 6.34. The highest BCUT2D eigenvalue weighted by molar-refractivity contribution is 5.82. The molecule has 6 heteroatoms. The van der Waals surface area contributed by atoms with E-state index in [1.807, 2.05) is 25.7 Å². The molecule has 0 bridgehead atoms. The van der Waals surface area contributed by atoms with Crippen LogP contribution in [0.25, 0.3) is 0 Å². The van der Waals surface area contributed by atoms with Crippen molar-refractivity contribution in [3.63, 3.8) is 0 Å². The molecule has 1 amide bonds. The number of piperazine rings is 1. The van der Waals surface area contributed by atoms with Gasteiger partial charge in [0, 0.05) is 33.7 Å². The molecule has 1 aliphatic rings. The highest BCUT2D eigenvalue weighted by Gasteiger charge is 2.31. The summed E-state index contributed by atoms with van der Waals surface area (Å²) in [7, 11) is 3.45. The lowest BCUT2D eigenvalue weighted by molar-refractivity contribution is -0.157. The molecule has 1 saturated heterocycles. The van der Waals surface area contributed by atoms with Gasteiger partial charge >= 0.3 is 5.97 Å². The van der Waals surface area contributed by atoms with Gasteiger partial charge in [0.2, 0.25) is 5.91 Å². The Morgan fingerprint density at radius 1 is 1.37 bits per heavy atom. The van der Waals surface area contributed by atoms with Crippen LogP contribution in [0.2, 0.25) is 0 Å². The molecule has 1 N–H and O–H groups in total. The quantitative estimate of drug-likeness (QED) is 0.714. The van der Waals surface area contributed by atoms with E-state index in [1.54, 1.807) is 19.0 Å². The van der Waals surface area contributed by atoms with Crippen LogP contribution in [0.3, 0.4) is 0 Å². The molecule has 1 rings (SSSR count). The van der Waals surface area contributed by atoms with E-state index in [-0.39, 0.29) is 24.5 Å². The molecule has 1 atom stereocenters. The molecule has 0 aromatic heterocycles. The zero-order valence-corrected chi connectivity index (χ0v) is 12.5. The van der Waals surface area contributed by atoms with E-state index in [2.05, 4.69) is 5.32 Å². The number of esters is 1. The summed E-state index contributed by atoms with van der Waals surface area (Å²) >= 11 is 0. The van der Waals surface area contributed by atoms with E-state index in [0.717, 1.165) is 6.54 Å². The number of amides is 1. The van der Waals surface area contributed by atoms with Gasteiger partial charge < -0.3 is 15.0 Å². The number of rotatable bonds is 3. The standard InChI is InChI=1S/C13H25N3O3/c1-13(2,3)19-11(17)9-16-7-6-14-8-10(16)12(18)15(4)5/h10,14H,6-9H2,1-5H3. The fraction of sp³-hybridized carbons (Fsp3) is 0.846. The van der Waals surface area contributed by atoms with Crippen molar-refractivity contribution < 1.29 is 14.3 Å². The topological polar surface area (TPSA) is 61.9 Å². The van der Waals surface area contributed by atoms with Crippen LogP contribution < -0.4 is 5.32 Å². The Labute approximate surface area is 115 Å². The van der Waals surface area contributed by atoms with Crippen molar-refractivity contribution >= 4 is 11.9 Å². The zero-order chi connectivity index (χ0) is 14.6. The van der Waals surface area contributed by atoms with Gasteiger partial charge in [0.25, 0.3) is 0 Å². The normalized spacial score (nSPS) is 21.0. The summed E-state index contributed by atoms with van der Waals surface area (Å²) < 4.78 is 5.30. The number of nitrogens with zero attached hydrogens (tertiary/aromatic N) is 2. The number of likely N-dealkylation sites (N-methyl/N-ethyl adjacent to an activating group) is 1. The van der Waals surface area contributed by atoms with Crippen molar-refractivity contribution in [1.82, 2.24) is 15.1 Å². The van der Waals surface area contributed by atoms with E-state index in [0.29, 0.717) is 13.1 Å². The van der Waals surface area contributed by atoms with Crippen LogP contribution in [0.15, 0.2) is 0 Å². The minimum atomic E-state index is -0.494. The smallest absolute Gasteiger partial charge is 0.320 e. The van der Waals surface area contributed by atoms with Crippen LogP contribution in [0.5, 0.6) is 0 Å². The summed E-state index contributed by atoms with van der Waals surface area (Å²) in [6.45, 7) is 7.69. The highest BCUT2D eigenvalue weighted by atomic mass is 16.6. The molecule has 1 aliphatic heterocycles. The van der Waals surface area contributed by atoms with Gasteiger partial charge in [-0.3, -0.25) is 14.5 Å². The fourth-order valence-corrected chi connectivity index (χ4v) is 2.02. The summed E-state index contributed by atoms with van der Waals surface area (Å²) in [5.74, 6) is -0.276. The van der Waals surface area contributed by atoms with Crippen molar-refractivity contribution in [2.45, 2.75) is 32.4 Å². The number of hydrogen-bond acceptors (Lipinski definition) is 5. The third-order valence-corrected chi connectivity index (χ3v) is 2.83. The summed E-state index contributed by atoms with van der Waals surface area (Å²) in [5.41, 5.74) is -0.494. The third kappa shape index (κ3) is 5.16. The van der Waals surface area contributed by atoms with Gasteiger partial charge in [-0.05, 0) is 20.8 Å². The molecule has 0 radical (unpaired) electrons. The number of ether oxygens (including phenoxy) is 1. The van der Waals surface area contributed by atoms with Gasteiger partial charge in [-0.15, -0.1) is 0 Å². The van der Waals surface area contributed by atoms with Gasteiger partial charge in [-0.25, -0.2) is 0 Å². The van der Waals surface area contributed by atoms with Crippen LogP contribution in [0, 0.1) is 0 Å². The predicted octanol–water partition coefficient (Wildman–Crippen LogP) is -0.310. The average molecular weight is 271 g/mol. The molecule has 1 heterocycles. The van der Waals surface area contributed by atoms with Crippen LogP contribution in [-0.4, -0.2) is 73.6 Å². The lowest BCUT2D eigenvalue weighted by Crippen LogP contribution is -2.58. The highest BCUT2D eigenvalue weighted by Crippen LogP contribution is 2.10. The van der Waals surface area contributed by atoms with Crippen LogP contribution >= 0.6 is 0 Å². The summed E-state index contributed by atoms with van der Waals surface area (Å²) in [5, 5.41) is 3.18. The molecular weight excluding hydrogens is 246 g/mol. The van der Waals surface area contributed by atoms with E-state index in [9.17, 15) is 9.59 Å². The maximum absolute atomic E-state index is 12.1. The summed E-state index contributed by atoms with van der Waals surface area (Å²) in [4.78, 5) is 27.4. The lowest BCUT2D eigenvalue weighted by atomic mass is 10.1. The first-order chi connectivity index (χ1) is 8.70. The Kier molecular flexibility index (Phi) is 5.31. The first-order valence-corrected chi connectivity index (χ1v) is 6.58. The Hall–Kier alpha value is -1.14. The van der Waals surface area contributed by atoms with E-state index in [4.69, 9.17) is 4.74 Å². The minimum Gasteiger partial charge on any atom is -0.459 e. The molecule has 0 aromatic carbocycles. The molecule has 0 aromatic rings. The van der Waals surface area contributed by atoms with Crippen molar-refractivity contribution in [3.8, 4) is 0 Å². The molecule has 110 valence electrons. The summed E-state index contributed by atoms with van der Waals surface area (Å²) in [6, 6.07) is -0.295. The Morgan fingerprint density at radius 3 is 2.53 bits per heavy atom. The van der Waals surface area contributed by atoms with Crippen LogP contribution in [0.4, 0.5) is 0 Å². The Bertz CT molecular complexity index is 337. The Balaban J connectivity index is 2.63. The first-order valence-electron chi connectivity index (χ1n) is 6.58. The van der Waals surface area contributed by atoms with E-state index >= 15 is 0 Å². The number of carbonyl (C=O) groups is 2. The number of hydrogen-bond donors (Lipinski definition) is 1. The number of nitrogens with one attached hydrogen (secondary N) is 1. The van der Waals surface area contributed by atoms with Crippen molar-refractivity contribution in [2.24, 2.45) is 0 Å². The van der Waals surface area contributed by atoms with Crippen molar-refractivity contribution in [2.75, 3.05) is 40.3 Å². The van der Waals surface area contributed by atoms with Gasteiger partial charge in [0.05, 0.1) is 6.54 Å². The third-order valence-electron chi connectivity index (χ3n) is 2.83. The summed E-state index contributed by atoms with van der Waals surface area (Å²) in [6.07, 6.45) is 0. The molecule has 1 fully saturated rings. The van der Waals surface area contributed by atoms with Crippen LogP contribution in [-0.2, 0) is 14.3 Å². The molecule has 19 heavy (non-hydrogen) atoms. The molecule has 0 aliphatic carbocycles. The molecule has 0 saturated carbocycles. The molecule has 6 nitrogen and oxygen atoms in total. The maximum atomic E-state index is 12.1. The van der Waals surface area contributed by atoms with Crippen molar-refractivity contribution in [3.05, 3.63) is 0 Å². The second-order valence-electron chi connectivity index (χ2n) is 6.01. The van der Waals surface area contributed by atoms with Crippen LogP contribution in [0.1, 0.15) is 20.8 Å². The first kappa shape index (κ1) is 15.9. The molecule has 0 spiro atoms. The molecular formula is C13H25N3O3. The van der Waals surface area contributed by atoms with E-state index < -0.39 is 5.60 Å². The van der Waals surface area contributed by atoms with Gasteiger partial charge in [-0.1, -0.05) is 0 Å². The molecule has 1 unspecified atom stereocenters. The second-order valence-corrected chi connectivity index (χ2v) is 6.01. The predicted molar refractivity (Wildman–Crippen MR) is 72.8 cm³/mol. The number of carbonyl (C=O) groups excluding carboxylic acids is 2. The zero-order valence-electron chi connectivity index (χ0n) is 12.5. The Morgan fingerprint density at radius 2 is 2.00 bits per heavy atom. The monoisotopic (exact) mass is 271 g/mol. The fourth-order valence-electron chi connectivity index (χ4n) is 2.02. The maximum Gasteiger partial charge on any atom is 0.320 e.